The maximum Gasteiger partial charge on any atom is 0.268 e. The van der Waals surface area contributed by atoms with Crippen molar-refractivity contribution in [1.29, 1.82) is 0 Å². The molecule has 4 N–H and O–H groups in total. The van der Waals surface area contributed by atoms with E-state index >= 15 is 0 Å². The van der Waals surface area contributed by atoms with Crippen molar-refractivity contribution >= 4 is 40.1 Å². The van der Waals surface area contributed by atoms with Crippen molar-refractivity contribution in [2.45, 2.75) is 84.8 Å². The van der Waals surface area contributed by atoms with Crippen LogP contribution in [0.3, 0.4) is 0 Å². The molecule has 10 nitrogen and oxygen atoms in total. The van der Waals surface area contributed by atoms with Gasteiger partial charge in [-0.1, -0.05) is 78.3 Å². The molecule has 0 saturated carbocycles. The van der Waals surface area contributed by atoms with Crippen molar-refractivity contribution in [3.63, 3.8) is 0 Å². The molecule has 0 radical (unpaired) electrons. The normalized spacial score (nSPS) is 13.6. The third-order valence-electron chi connectivity index (χ3n) is 12.6. The first-order valence-corrected chi connectivity index (χ1v) is 21.9. The molecule has 3 aromatic heterocycles. The summed E-state index contributed by atoms with van der Waals surface area (Å²) < 4.78 is 8.09. The van der Waals surface area contributed by atoms with E-state index in [-0.39, 0.29) is 30.4 Å². The van der Waals surface area contributed by atoms with E-state index in [0.29, 0.717) is 42.2 Å². The van der Waals surface area contributed by atoms with Crippen LogP contribution in [-0.2, 0) is 45.7 Å². The van der Waals surface area contributed by atoms with Crippen LogP contribution in [0.2, 0.25) is 5.02 Å². The third kappa shape index (κ3) is 8.31. The Labute approximate surface area is 367 Å². The number of aromatic amines is 1. The largest absolute Gasteiger partial charge is 0.494 e. The maximum atomic E-state index is 14.5. The molecule has 2 aliphatic carbocycles. The maximum absolute atomic E-state index is 14.5. The number of carbonyl (C=O) groups is 2. The highest BCUT2D eigenvalue weighted by Gasteiger charge is 2.26. The van der Waals surface area contributed by atoms with Crippen LogP contribution in [0.15, 0.2) is 91.0 Å². The second-order valence-electron chi connectivity index (χ2n) is 17.0. The number of nitrogens with zero attached hydrogens (tertiary/aromatic N) is 3. The summed E-state index contributed by atoms with van der Waals surface area (Å²) in [7, 11) is 1.95. The number of hydrogen-bond donors (Lipinski definition) is 4. The molecule has 0 unspecified atom stereocenters. The fraction of sp³-hybridized carbons (Fsp3) is 0.294. The highest BCUT2D eigenvalue weighted by molar-refractivity contribution is 6.32. The molecule has 9 rings (SSSR count). The SMILES string of the molecule is Cc1cc(OCCCc2c(C(=O)NCc3cc(C(=O)NC4Cc5ccccc5C4)cc(NC4Cc5ccccc5C4)n3)[nH]c3c(-c4c(C)nn(C)c4C)cccc23)cc(C)c1Cl. The van der Waals surface area contributed by atoms with Crippen molar-refractivity contribution in [3.8, 4) is 16.9 Å². The Morgan fingerprint density at radius 3 is 2.10 bits per heavy atom. The first kappa shape index (κ1) is 41.0. The van der Waals surface area contributed by atoms with Gasteiger partial charge in [0.15, 0.2) is 0 Å². The van der Waals surface area contributed by atoms with Crippen molar-refractivity contribution < 1.29 is 14.3 Å². The summed E-state index contributed by atoms with van der Waals surface area (Å²) in [6, 6.07) is 30.7. The fourth-order valence-corrected chi connectivity index (χ4v) is 9.58. The summed E-state index contributed by atoms with van der Waals surface area (Å²) in [5, 5.41) is 16.5. The van der Waals surface area contributed by atoms with E-state index in [0.717, 1.165) is 86.6 Å². The van der Waals surface area contributed by atoms with E-state index in [1.54, 1.807) is 6.07 Å². The van der Waals surface area contributed by atoms with Gasteiger partial charge in [-0.15, -0.1) is 0 Å². The lowest BCUT2D eigenvalue weighted by Crippen LogP contribution is -2.35. The van der Waals surface area contributed by atoms with Gasteiger partial charge in [-0.2, -0.15) is 5.10 Å². The van der Waals surface area contributed by atoms with Crippen molar-refractivity contribution in [1.82, 2.24) is 30.4 Å². The molecule has 0 fully saturated rings. The fourth-order valence-electron chi connectivity index (χ4n) is 9.47. The van der Waals surface area contributed by atoms with Crippen LogP contribution in [0.1, 0.15) is 83.3 Å². The minimum Gasteiger partial charge on any atom is -0.494 e. The lowest BCUT2D eigenvalue weighted by atomic mass is 9.98. The molecule has 62 heavy (non-hydrogen) atoms. The number of amides is 2. The molecule has 11 heteroatoms. The number of anilines is 1. The minimum atomic E-state index is -0.257. The second-order valence-corrected chi connectivity index (χ2v) is 17.4. The lowest BCUT2D eigenvalue weighted by Gasteiger charge is -2.17. The molecule has 7 aromatic rings. The Hall–Kier alpha value is -6.39. The first-order valence-electron chi connectivity index (χ1n) is 21.5. The zero-order valence-electron chi connectivity index (χ0n) is 35.9. The predicted molar refractivity (Wildman–Crippen MR) is 246 cm³/mol. The molecule has 0 atom stereocenters. The molecular formula is C51H52ClN7O3. The van der Waals surface area contributed by atoms with Crippen LogP contribution in [0.5, 0.6) is 5.75 Å². The van der Waals surface area contributed by atoms with Crippen molar-refractivity contribution in [3.05, 3.63) is 163 Å². The summed E-state index contributed by atoms with van der Waals surface area (Å²) in [4.78, 5) is 37.0. The number of benzene rings is 4. The van der Waals surface area contributed by atoms with Crippen molar-refractivity contribution in [2.24, 2.45) is 7.05 Å². The molecule has 0 bridgehead atoms. The minimum absolute atomic E-state index is 0.00588. The zero-order chi connectivity index (χ0) is 43.1. The summed E-state index contributed by atoms with van der Waals surface area (Å²) in [5.41, 5.74) is 14.5. The van der Waals surface area contributed by atoms with E-state index in [2.05, 4.69) is 76.4 Å². The van der Waals surface area contributed by atoms with Gasteiger partial charge in [-0.25, -0.2) is 4.98 Å². The molecule has 2 aliphatic rings. The number of nitrogens with one attached hydrogen (secondary N) is 4. The number of carbonyl (C=O) groups excluding carboxylic acids is 2. The molecule has 316 valence electrons. The number of H-pyrrole nitrogens is 1. The van der Waals surface area contributed by atoms with E-state index in [9.17, 15) is 9.59 Å². The number of rotatable bonds is 13. The number of aryl methyl sites for hydroxylation is 5. The van der Waals surface area contributed by atoms with E-state index in [4.69, 9.17) is 26.4 Å². The van der Waals surface area contributed by atoms with Gasteiger partial charge in [0.2, 0.25) is 0 Å². The highest BCUT2D eigenvalue weighted by Crippen LogP contribution is 2.36. The predicted octanol–water partition coefficient (Wildman–Crippen LogP) is 9.27. The standard InChI is InChI=1S/C51H52ClN7O3/c1-29-20-41(21-30(2)47(29)52)62-19-11-18-43-42-16-10-17-44(46-31(3)58-59(5)32(46)4)48(42)57-49(43)51(61)53-28-40-26-37(50(60)56-39-24-35-14-8-9-15-36(35)25-39)27-45(55-40)54-38-22-33-12-6-7-13-34(33)23-38/h6-10,12-17,20-21,26-27,38-39,57H,11,18-19,22-25,28H2,1-5H3,(H,53,61)(H,54,55)(H,56,60). The summed E-state index contributed by atoms with van der Waals surface area (Å²) in [6.45, 7) is 8.61. The van der Waals surface area contributed by atoms with Crippen LogP contribution < -0.4 is 20.7 Å². The van der Waals surface area contributed by atoms with Crippen LogP contribution in [-0.4, -0.2) is 50.3 Å². The summed E-state index contributed by atoms with van der Waals surface area (Å²) >= 11 is 6.42. The Bertz CT molecular complexity index is 2790. The number of ether oxygens (including phenoxy) is 1. The third-order valence-corrected chi connectivity index (χ3v) is 13.2. The van der Waals surface area contributed by atoms with Gasteiger partial charge in [0, 0.05) is 51.9 Å². The van der Waals surface area contributed by atoms with E-state index in [1.165, 1.54) is 22.3 Å². The van der Waals surface area contributed by atoms with Crippen molar-refractivity contribution in [2.75, 3.05) is 11.9 Å². The van der Waals surface area contributed by atoms with Crippen LogP contribution in [0, 0.1) is 27.7 Å². The number of aromatic nitrogens is 4. The molecular weight excluding hydrogens is 794 g/mol. The van der Waals surface area contributed by atoms with Gasteiger partial charge >= 0.3 is 0 Å². The monoisotopic (exact) mass is 845 g/mol. The molecule has 2 amide bonds. The molecule has 0 aliphatic heterocycles. The number of hydrogen-bond acceptors (Lipinski definition) is 6. The number of fused-ring (bicyclic) bond motifs is 3. The zero-order valence-corrected chi connectivity index (χ0v) is 36.7. The molecule has 4 aromatic carbocycles. The second kappa shape index (κ2) is 17.2. The van der Waals surface area contributed by atoms with Gasteiger partial charge in [-0.3, -0.25) is 14.3 Å². The molecule has 0 spiro atoms. The topological polar surface area (TPSA) is 126 Å². The molecule has 3 heterocycles. The van der Waals surface area contributed by atoms with Gasteiger partial charge < -0.3 is 25.7 Å². The Morgan fingerprint density at radius 1 is 0.823 bits per heavy atom. The molecule has 0 saturated heterocycles. The Morgan fingerprint density at radius 2 is 1.47 bits per heavy atom. The number of pyridine rings is 1. The summed E-state index contributed by atoms with van der Waals surface area (Å²) in [5.74, 6) is 0.966. The number of para-hydroxylation sites is 1. The Kier molecular flexibility index (Phi) is 11.4. The first-order chi connectivity index (χ1) is 30.0. The average Bonchev–Trinajstić information content (AvgIpc) is 4.02. The highest BCUT2D eigenvalue weighted by atomic mass is 35.5. The van der Waals surface area contributed by atoms with Crippen LogP contribution in [0.4, 0.5) is 5.82 Å². The van der Waals surface area contributed by atoms with Gasteiger partial charge in [0.05, 0.1) is 30.1 Å². The van der Waals surface area contributed by atoms with Gasteiger partial charge in [-0.05, 0) is 129 Å². The quantitative estimate of drug-likeness (QED) is 0.0858. The Balaban J connectivity index is 0.986. The lowest BCUT2D eigenvalue weighted by molar-refractivity contribution is 0.0935. The van der Waals surface area contributed by atoms with E-state index < -0.39 is 0 Å². The van der Waals surface area contributed by atoms with E-state index in [1.807, 2.05) is 68.9 Å². The van der Waals surface area contributed by atoms with Crippen LogP contribution in [0.25, 0.3) is 22.0 Å². The van der Waals surface area contributed by atoms with Gasteiger partial charge in [0.1, 0.15) is 17.3 Å². The summed E-state index contributed by atoms with van der Waals surface area (Å²) in [6.07, 6.45) is 4.60. The van der Waals surface area contributed by atoms with Gasteiger partial charge in [0.25, 0.3) is 11.8 Å². The number of halogens is 1. The van der Waals surface area contributed by atoms with Crippen LogP contribution >= 0.6 is 11.6 Å². The average molecular weight is 846 g/mol. The smallest absolute Gasteiger partial charge is 0.268 e.